The highest BCUT2D eigenvalue weighted by atomic mass is 16.3. The van der Waals surface area contributed by atoms with Gasteiger partial charge < -0.3 is 20.2 Å². The molecular formula is C17H24N2O3. The van der Waals surface area contributed by atoms with E-state index < -0.39 is 0 Å². The number of aliphatic hydroxyl groups excluding tert-OH is 1. The van der Waals surface area contributed by atoms with Crippen molar-refractivity contribution in [2.24, 2.45) is 5.41 Å². The highest BCUT2D eigenvalue weighted by Crippen LogP contribution is 2.19. The van der Waals surface area contributed by atoms with E-state index in [2.05, 4.69) is 10.6 Å². The first kappa shape index (κ1) is 16.4. The standard InChI is InChI=1S/C17H24N2O3/c1-17(2,8-10-20)12-19-16(21)18-9-7-14-11-13-5-3-4-6-15(13)22-14/h3-6,11,20H,7-10,12H2,1-2H3,(H2,18,19,21). The lowest BCUT2D eigenvalue weighted by atomic mass is 9.90. The summed E-state index contributed by atoms with van der Waals surface area (Å²) in [6.07, 6.45) is 1.31. The van der Waals surface area contributed by atoms with E-state index in [1.54, 1.807) is 0 Å². The number of urea groups is 1. The summed E-state index contributed by atoms with van der Waals surface area (Å²) in [6, 6.07) is 9.66. The van der Waals surface area contributed by atoms with E-state index in [-0.39, 0.29) is 18.1 Å². The summed E-state index contributed by atoms with van der Waals surface area (Å²) < 4.78 is 5.70. The molecule has 5 heteroatoms. The van der Waals surface area contributed by atoms with E-state index in [9.17, 15) is 4.79 Å². The van der Waals surface area contributed by atoms with Crippen molar-refractivity contribution in [1.29, 1.82) is 0 Å². The van der Waals surface area contributed by atoms with Crippen LogP contribution in [0.1, 0.15) is 26.0 Å². The molecule has 1 aromatic heterocycles. The fourth-order valence-electron chi connectivity index (χ4n) is 2.23. The number of para-hydroxylation sites is 1. The molecule has 0 aliphatic carbocycles. The van der Waals surface area contributed by atoms with Gasteiger partial charge in [-0.25, -0.2) is 4.79 Å². The number of fused-ring (bicyclic) bond motifs is 1. The molecule has 1 heterocycles. The Balaban J connectivity index is 1.72. The minimum atomic E-state index is -0.192. The van der Waals surface area contributed by atoms with E-state index in [1.165, 1.54) is 0 Å². The van der Waals surface area contributed by atoms with Crippen LogP contribution in [-0.2, 0) is 6.42 Å². The molecule has 0 radical (unpaired) electrons. The van der Waals surface area contributed by atoms with Gasteiger partial charge in [0, 0.05) is 31.5 Å². The largest absolute Gasteiger partial charge is 0.461 e. The van der Waals surface area contributed by atoms with Gasteiger partial charge in [-0.3, -0.25) is 0 Å². The molecule has 0 bridgehead atoms. The van der Waals surface area contributed by atoms with Gasteiger partial charge in [0.15, 0.2) is 0 Å². The lowest BCUT2D eigenvalue weighted by molar-refractivity contribution is 0.201. The molecule has 0 aliphatic rings. The number of rotatable bonds is 7. The van der Waals surface area contributed by atoms with Crippen LogP contribution in [-0.4, -0.2) is 30.8 Å². The van der Waals surface area contributed by atoms with Crippen molar-refractivity contribution < 1.29 is 14.3 Å². The molecular weight excluding hydrogens is 280 g/mol. The average molecular weight is 304 g/mol. The molecule has 5 nitrogen and oxygen atoms in total. The molecule has 22 heavy (non-hydrogen) atoms. The van der Waals surface area contributed by atoms with Gasteiger partial charge in [-0.1, -0.05) is 32.0 Å². The molecule has 1 aromatic carbocycles. The molecule has 0 spiro atoms. The Morgan fingerprint density at radius 3 is 2.77 bits per heavy atom. The van der Waals surface area contributed by atoms with E-state index in [1.807, 2.05) is 44.2 Å². The Labute approximate surface area is 130 Å². The Morgan fingerprint density at radius 1 is 1.27 bits per heavy atom. The van der Waals surface area contributed by atoms with Gasteiger partial charge in [-0.15, -0.1) is 0 Å². The molecule has 2 amide bonds. The number of aliphatic hydroxyl groups is 1. The number of carbonyl (C=O) groups is 1. The average Bonchev–Trinajstić information content (AvgIpc) is 2.88. The zero-order chi connectivity index (χ0) is 16.0. The molecule has 0 aliphatic heterocycles. The Morgan fingerprint density at radius 2 is 2.05 bits per heavy atom. The number of hydrogen-bond donors (Lipinski definition) is 3. The van der Waals surface area contributed by atoms with Gasteiger partial charge in [-0.05, 0) is 24.0 Å². The first-order valence-electron chi connectivity index (χ1n) is 7.60. The summed E-state index contributed by atoms with van der Waals surface area (Å²) in [5.74, 6) is 0.863. The first-order valence-corrected chi connectivity index (χ1v) is 7.60. The van der Waals surface area contributed by atoms with Gasteiger partial charge >= 0.3 is 6.03 Å². The van der Waals surface area contributed by atoms with Crippen molar-refractivity contribution in [3.05, 3.63) is 36.1 Å². The van der Waals surface area contributed by atoms with E-state index in [4.69, 9.17) is 9.52 Å². The number of nitrogens with one attached hydrogen (secondary N) is 2. The van der Waals surface area contributed by atoms with E-state index in [0.717, 1.165) is 16.7 Å². The van der Waals surface area contributed by atoms with Crippen LogP contribution >= 0.6 is 0 Å². The van der Waals surface area contributed by atoms with E-state index >= 15 is 0 Å². The number of furan rings is 1. The number of hydrogen-bond acceptors (Lipinski definition) is 3. The predicted molar refractivity (Wildman–Crippen MR) is 86.8 cm³/mol. The third kappa shape index (κ3) is 4.77. The second kappa shape index (κ2) is 7.31. The molecule has 120 valence electrons. The van der Waals surface area contributed by atoms with Gasteiger partial charge in [0.05, 0.1) is 0 Å². The third-order valence-electron chi connectivity index (χ3n) is 3.65. The van der Waals surface area contributed by atoms with Crippen LogP contribution in [0.5, 0.6) is 0 Å². The maximum Gasteiger partial charge on any atom is 0.314 e. The molecule has 2 rings (SSSR count). The summed E-state index contributed by atoms with van der Waals surface area (Å²) >= 11 is 0. The van der Waals surface area contributed by atoms with Crippen LogP contribution in [0.15, 0.2) is 34.7 Å². The van der Waals surface area contributed by atoms with Crippen molar-refractivity contribution in [1.82, 2.24) is 10.6 Å². The SMILES string of the molecule is CC(C)(CCO)CNC(=O)NCCc1cc2ccccc2o1. The second-order valence-corrected chi connectivity index (χ2v) is 6.25. The third-order valence-corrected chi connectivity index (χ3v) is 3.65. The first-order chi connectivity index (χ1) is 10.5. The normalized spacial score (nSPS) is 11.6. The van der Waals surface area contributed by atoms with Crippen LogP contribution in [0.25, 0.3) is 11.0 Å². The Bertz CT molecular complexity index is 586. The maximum absolute atomic E-state index is 11.7. The predicted octanol–water partition coefficient (Wildman–Crippen LogP) is 2.68. The Kier molecular flexibility index (Phi) is 5.44. The molecule has 3 N–H and O–H groups in total. The zero-order valence-electron chi connectivity index (χ0n) is 13.2. The number of benzene rings is 1. The number of amides is 2. The summed E-state index contributed by atoms with van der Waals surface area (Å²) in [5, 5.41) is 15.7. The van der Waals surface area contributed by atoms with Gasteiger partial charge in [0.2, 0.25) is 0 Å². The van der Waals surface area contributed by atoms with Crippen LogP contribution in [0.4, 0.5) is 4.79 Å². The van der Waals surface area contributed by atoms with Crippen LogP contribution in [0.3, 0.4) is 0 Å². The molecule has 0 fully saturated rings. The van der Waals surface area contributed by atoms with E-state index in [0.29, 0.717) is 25.9 Å². The minimum absolute atomic E-state index is 0.106. The summed E-state index contributed by atoms with van der Waals surface area (Å²) in [7, 11) is 0. The lowest BCUT2D eigenvalue weighted by Crippen LogP contribution is -2.41. The van der Waals surface area contributed by atoms with Crippen LogP contribution < -0.4 is 10.6 Å². The monoisotopic (exact) mass is 304 g/mol. The lowest BCUT2D eigenvalue weighted by Gasteiger charge is -2.23. The topological polar surface area (TPSA) is 74.5 Å². The molecule has 2 aromatic rings. The Hall–Kier alpha value is -2.01. The smallest absolute Gasteiger partial charge is 0.314 e. The van der Waals surface area contributed by atoms with Crippen molar-refractivity contribution in [3.8, 4) is 0 Å². The summed E-state index contributed by atoms with van der Waals surface area (Å²) in [4.78, 5) is 11.7. The quantitative estimate of drug-likeness (QED) is 0.736. The second-order valence-electron chi connectivity index (χ2n) is 6.25. The van der Waals surface area contributed by atoms with Crippen molar-refractivity contribution >= 4 is 17.0 Å². The minimum Gasteiger partial charge on any atom is -0.461 e. The van der Waals surface area contributed by atoms with Gasteiger partial charge in [0.1, 0.15) is 11.3 Å². The number of carbonyl (C=O) groups excluding carboxylic acids is 1. The molecule has 0 saturated carbocycles. The molecule has 0 saturated heterocycles. The summed E-state index contributed by atoms with van der Waals surface area (Å²) in [6.45, 7) is 5.20. The van der Waals surface area contributed by atoms with Crippen molar-refractivity contribution in [2.45, 2.75) is 26.7 Å². The maximum atomic E-state index is 11.7. The van der Waals surface area contributed by atoms with Crippen LogP contribution in [0.2, 0.25) is 0 Å². The van der Waals surface area contributed by atoms with Gasteiger partial charge in [0.25, 0.3) is 0 Å². The summed E-state index contributed by atoms with van der Waals surface area (Å²) in [5.41, 5.74) is 0.762. The molecule has 0 atom stereocenters. The fourth-order valence-corrected chi connectivity index (χ4v) is 2.23. The fraction of sp³-hybridized carbons (Fsp3) is 0.471. The highest BCUT2D eigenvalue weighted by Gasteiger charge is 2.17. The van der Waals surface area contributed by atoms with Crippen LogP contribution in [0, 0.1) is 5.41 Å². The highest BCUT2D eigenvalue weighted by molar-refractivity contribution is 5.77. The van der Waals surface area contributed by atoms with Crippen molar-refractivity contribution in [2.75, 3.05) is 19.7 Å². The van der Waals surface area contributed by atoms with Gasteiger partial charge in [-0.2, -0.15) is 0 Å². The zero-order valence-corrected chi connectivity index (χ0v) is 13.2. The van der Waals surface area contributed by atoms with Crippen molar-refractivity contribution in [3.63, 3.8) is 0 Å². The molecule has 0 unspecified atom stereocenters.